The van der Waals surface area contributed by atoms with Gasteiger partial charge in [-0.05, 0) is 54.1 Å². The van der Waals surface area contributed by atoms with Crippen molar-refractivity contribution in [2.75, 3.05) is 24.3 Å². The van der Waals surface area contributed by atoms with E-state index >= 15 is 0 Å². The zero-order valence-corrected chi connectivity index (χ0v) is 17.9. The molecule has 0 aliphatic carbocycles. The van der Waals surface area contributed by atoms with Gasteiger partial charge in [0.15, 0.2) is 16.4 Å². The molecule has 0 aliphatic heterocycles. The Balaban J connectivity index is 1.48. The summed E-state index contributed by atoms with van der Waals surface area (Å²) in [6.07, 6.45) is -0.342. The molecule has 31 heavy (non-hydrogen) atoms. The number of sulfone groups is 1. The van der Waals surface area contributed by atoms with E-state index in [0.29, 0.717) is 18.0 Å². The number of rotatable bonds is 9. The Hall–Kier alpha value is -3.39. The van der Waals surface area contributed by atoms with E-state index in [0.717, 1.165) is 10.8 Å². The van der Waals surface area contributed by atoms with Gasteiger partial charge in [0.2, 0.25) is 0 Å². The van der Waals surface area contributed by atoms with Crippen molar-refractivity contribution in [1.82, 2.24) is 0 Å². The van der Waals surface area contributed by atoms with Crippen LogP contribution in [0, 0.1) is 0 Å². The molecule has 0 aromatic heterocycles. The van der Waals surface area contributed by atoms with Gasteiger partial charge in [0.25, 0.3) is 5.91 Å². The Kier molecular flexibility index (Phi) is 7.25. The first-order valence-corrected chi connectivity index (χ1v) is 11.4. The van der Waals surface area contributed by atoms with Crippen molar-refractivity contribution in [2.45, 2.75) is 18.2 Å². The molecule has 3 rings (SSSR count). The van der Waals surface area contributed by atoms with Crippen molar-refractivity contribution in [2.24, 2.45) is 0 Å². The molecule has 1 N–H and O–H groups in total. The zero-order valence-electron chi connectivity index (χ0n) is 17.0. The maximum absolute atomic E-state index is 12.5. The van der Waals surface area contributed by atoms with E-state index in [1.54, 1.807) is 36.4 Å². The van der Waals surface area contributed by atoms with Gasteiger partial charge in [-0.2, -0.15) is 0 Å². The standard InChI is InChI=1S/C23H23NO6S/c1-2-29-20-10-8-19(9-11-20)24-22(25)16-30-23(26)13-14-31(27,28)21-12-7-17-5-3-4-6-18(17)15-21/h3-12,15H,2,13-14,16H2,1H3,(H,24,25). The number of amides is 1. The van der Waals surface area contributed by atoms with Crippen molar-refractivity contribution in [1.29, 1.82) is 0 Å². The van der Waals surface area contributed by atoms with Gasteiger partial charge in [-0.1, -0.05) is 30.3 Å². The highest BCUT2D eigenvalue weighted by molar-refractivity contribution is 7.91. The Morgan fingerprint density at radius 2 is 1.65 bits per heavy atom. The first-order valence-electron chi connectivity index (χ1n) is 9.77. The average molecular weight is 442 g/mol. The summed E-state index contributed by atoms with van der Waals surface area (Å²) in [4.78, 5) is 24.0. The molecule has 7 nitrogen and oxygen atoms in total. The van der Waals surface area contributed by atoms with E-state index in [9.17, 15) is 18.0 Å². The number of carbonyl (C=O) groups is 2. The van der Waals surface area contributed by atoms with Crippen LogP contribution >= 0.6 is 0 Å². The molecular formula is C23H23NO6S. The lowest BCUT2D eigenvalue weighted by atomic mass is 10.1. The molecule has 0 saturated heterocycles. The normalized spacial score (nSPS) is 11.1. The minimum atomic E-state index is -3.66. The quantitative estimate of drug-likeness (QED) is 0.510. The van der Waals surface area contributed by atoms with Crippen molar-refractivity contribution in [3.63, 3.8) is 0 Å². The Labute approximate surface area is 180 Å². The van der Waals surface area contributed by atoms with E-state index in [1.165, 1.54) is 6.07 Å². The summed E-state index contributed by atoms with van der Waals surface area (Å²) in [5.74, 6) is -0.995. The number of ether oxygens (including phenoxy) is 2. The molecule has 3 aromatic rings. The van der Waals surface area contributed by atoms with Gasteiger partial charge in [-0.3, -0.25) is 9.59 Å². The molecule has 0 bridgehead atoms. The fourth-order valence-electron chi connectivity index (χ4n) is 2.91. The number of benzene rings is 3. The van der Waals surface area contributed by atoms with Gasteiger partial charge in [0.05, 0.1) is 23.7 Å². The van der Waals surface area contributed by atoms with E-state index < -0.39 is 34.1 Å². The number of carbonyl (C=O) groups excluding carboxylic acids is 2. The van der Waals surface area contributed by atoms with Crippen LogP contribution in [0.2, 0.25) is 0 Å². The molecule has 0 heterocycles. The third-order valence-electron chi connectivity index (χ3n) is 4.47. The molecule has 162 valence electrons. The highest BCUT2D eigenvalue weighted by Gasteiger charge is 2.18. The zero-order chi connectivity index (χ0) is 22.3. The Bertz CT molecular complexity index is 1170. The Morgan fingerprint density at radius 1 is 0.935 bits per heavy atom. The van der Waals surface area contributed by atoms with Crippen LogP contribution in [0.4, 0.5) is 5.69 Å². The predicted molar refractivity (Wildman–Crippen MR) is 118 cm³/mol. The fraction of sp³-hybridized carbons (Fsp3) is 0.217. The third-order valence-corrected chi connectivity index (χ3v) is 6.18. The lowest BCUT2D eigenvalue weighted by Crippen LogP contribution is -2.22. The van der Waals surface area contributed by atoms with Gasteiger partial charge >= 0.3 is 5.97 Å². The topological polar surface area (TPSA) is 98.8 Å². The van der Waals surface area contributed by atoms with E-state index in [2.05, 4.69) is 5.32 Å². The lowest BCUT2D eigenvalue weighted by molar-refractivity contribution is -0.146. The molecule has 8 heteroatoms. The molecule has 0 atom stereocenters. The van der Waals surface area contributed by atoms with Crippen LogP contribution in [0.15, 0.2) is 71.6 Å². The molecule has 3 aromatic carbocycles. The molecule has 0 fully saturated rings. The monoisotopic (exact) mass is 441 g/mol. The number of anilines is 1. The van der Waals surface area contributed by atoms with Crippen LogP contribution < -0.4 is 10.1 Å². The van der Waals surface area contributed by atoms with Crippen molar-refractivity contribution in [3.8, 4) is 5.75 Å². The lowest BCUT2D eigenvalue weighted by Gasteiger charge is -2.08. The minimum absolute atomic E-state index is 0.146. The smallest absolute Gasteiger partial charge is 0.307 e. The molecule has 1 amide bonds. The number of esters is 1. The number of hydrogen-bond donors (Lipinski definition) is 1. The summed E-state index contributed by atoms with van der Waals surface area (Å²) in [6.45, 7) is 1.91. The predicted octanol–water partition coefficient (Wildman–Crippen LogP) is 3.58. The second kappa shape index (κ2) is 10.1. The highest BCUT2D eigenvalue weighted by Crippen LogP contribution is 2.20. The fourth-order valence-corrected chi connectivity index (χ4v) is 4.17. The molecular weight excluding hydrogens is 418 g/mol. The maximum atomic E-state index is 12.5. The van der Waals surface area contributed by atoms with Crippen LogP contribution in [0.25, 0.3) is 10.8 Å². The molecule has 0 radical (unpaired) electrons. The van der Waals surface area contributed by atoms with Gasteiger partial charge in [0, 0.05) is 5.69 Å². The minimum Gasteiger partial charge on any atom is -0.494 e. The molecule has 0 aliphatic rings. The Morgan fingerprint density at radius 3 is 2.35 bits per heavy atom. The summed E-state index contributed by atoms with van der Waals surface area (Å²) in [5, 5.41) is 4.32. The van der Waals surface area contributed by atoms with Crippen molar-refractivity contribution in [3.05, 3.63) is 66.7 Å². The summed E-state index contributed by atoms with van der Waals surface area (Å²) in [7, 11) is -3.66. The van der Waals surface area contributed by atoms with Crippen molar-refractivity contribution < 1.29 is 27.5 Å². The van der Waals surface area contributed by atoms with Gasteiger partial charge in [-0.15, -0.1) is 0 Å². The molecule has 0 unspecified atom stereocenters. The summed E-state index contributed by atoms with van der Waals surface area (Å²) >= 11 is 0. The van der Waals surface area contributed by atoms with Crippen molar-refractivity contribution >= 4 is 38.2 Å². The number of hydrogen-bond acceptors (Lipinski definition) is 6. The summed E-state index contributed by atoms with van der Waals surface area (Å²) in [5.41, 5.74) is 0.531. The third kappa shape index (κ3) is 6.29. The summed E-state index contributed by atoms with van der Waals surface area (Å²) < 4.78 is 35.3. The second-order valence-electron chi connectivity index (χ2n) is 6.74. The van der Waals surface area contributed by atoms with Crippen LogP contribution in [-0.4, -0.2) is 39.3 Å². The van der Waals surface area contributed by atoms with Gasteiger partial charge < -0.3 is 14.8 Å². The number of fused-ring (bicyclic) bond motifs is 1. The highest BCUT2D eigenvalue weighted by atomic mass is 32.2. The van der Waals surface area contributed by atoms with Crippen LogP contribution in [-0.2, 0) is 24.2 Å². The van der Waals surface area contributed by atoms with E-state index in [4.69, 9.17) is 9.47 Å². The number of nitrogens with one attached hydrogen (secondary N) is 1. The molecule has 0 spiro atoms. The van der Waals surface area contributed by atoms with E-state index in [-0.39, 0.29) is 11.3 Å². The maximum Gasteiger partial charge on any atom is 0.307 e. The van der Waals surface area contributed by atoms with Gasteiger partial charge in [-0.25, -0.2) is 8.42 Å². The largest absolute Gasteiger partial charge is 0.494 e. The average Bonchev–Trinajstić information content (AvgIpc) is 2.77. The first kappa shape index (κ1) is 22.3. The second-order valence-corrected chi connectivity index (χ2v) is 8.85. The van der Waals surface area contributed by atoms with Crippen LogP contribution in [0.3, 0.4) is 0 Å². The van der Waals surface area contributed by atoms with Gasteiger partial charge in [0.1, 0.15) is 5.75 Å². The van der Waals surface area contributed by atoms with Crippen LogP contribution in [0.1, 0.15) is 13.3 Å². The first-order chi connectivity index (χ1) is 14.9. The summed E-state index contributed by atoms with van der Waals surface area (Å²) in [6, 6.07) is 19.0. The van der Waals surface area contributed by atoms with E-state index in [1.807, 2.05) is 31.2 Å². The SMILES string of the molecule is CCOc1ccc(NC(=O)COC(=O)CCS(=O)(=O)c2ccc3ccccc3c2)cc1. The molecule has 0 saturated carbocycles. The van der Waals surface area contributed by atoms with Crippen LogP contribution in [0.5, 0.6) is 5.75 Å².